The molecule has 1 N–H and O–H groups in total. The van der Waals surface area contributed by atoms with Gasteiger partial charge in [0.15, 0.2) is 0 Å². The number of amides is 1. The van der Waals surface area contributed by atoms with E-state index in [1.165, 1.54) is 10.5 Å². The zero-order chi connectivity index (χ0) is 16.9. The van der Waals surface area contributed by atoms with Crippen molar-refractivity contribution in [2.75, 3.05) is 12.4 Å². The highest BCUT2D eigenvalue weighted by atomic mass is 32.2. The van der Waals surface area contributed by atoms with Crippen LogP contribution in [-0.2, 0) is 4.79 Å². The first-order valence-corrected chi connectivity index (χ1v) is 9.33. The van der Waals surface area contributed by atoms with Gasteiger partial charge in [-0.15, -0.1) is 11.8 Å². The average Bonchev–Trinajstić information content (AvgIpc) is 2.58. The number of fused-ring (bicyclic) bond motifs is 1. The van der Waals surface area contributed by atoms with Crippen molar-refractivity contribution < 1.29 is 9.53 Å². The number of nitrogens with one attached hydrogen (secondary N) is 1. The second-order valence-corrected chi connectivity index (χ2v) is 7.30. The molecule has 3 nitrogen and oxygen atoms in total. The molecule has 4 heteroatoms. The molecule has 24 heavy (non-hydrogen) atoms. The molecule has 0 radical (unpaired) electrons. The van der Waals surface area contributed by atoms with Gasteiger partial charge in [0.2, 0.25) is 5.91 Å². The predicted molar refractivity (Wildman–Crippen MR) is 98.7 cm³/mol. The van der Waals surface area contributed by atoms with E-state index in [9.17, 15) is 4.79 Å². The smallest absolute Gasteiger partial charge is 0.223 e. The normalized spacial score (nSPS) is 16.3. The number of rotatable bonds is 5. The highest BCUT2D eigenvalue weighted by molar-refractivity contribution is 7.99. The molecule has 0 spiro atoms. The highest BCUT2D eigenvalue weighted by Crippen LogP contribution is 2.35. The maximum absolute atomic E-state index is 12.3. The van der Waals surface area contributed by atoms with Gasteiger partial charge in [-0.2, -0.15) is 0 Å². The van der Waals surface area contributed by atoms with Gasteiger partial charge in [0.25, 0.3) is 0 Å². The topological polar surface area (TPSA) is 38.3 Å². The molecule has 0 bridgehead atoms. The van der Waals surface area contributed by atoms with Gasteiger partial charge in [-0.1, -0.05) is 30.3 Å². The lowest BCUT2D eigenvalue weighted by Crippen LogP contribution is -2.31. The number of carbonyl (C=O) groups is 1. The summed E-state index contributed by atoms with van der Waals surface area (Å²) in [6.45, 7) is 4.46. The summed E-state index contributed by atoms with van der Waals surface area (Å²) in [5.74, 6) is 1.95. The molecular weight excluding hydrogens is 318 g/mol. The van der Waals surface area contributed by atoms with Crippen LogP contribution in [0.5, 0.6) is 5.75 Å². The predicted octanol–water partition coefficient (Wildman–Crippen LogP) is 4.43. The van der Waals surface area contributed by atoms with Gasteiger partial charge in [-0.05, 0) is 49.1 Å². The van der Waals surface area contributed by atoms with Crippen LogP contribution in [0.2, 0.25) is 0 Å². The van der Waals surface area contributed by atoms with Crippen LogP contribution in [-0.4, -0.2) is 18.3 Å². The summed E-state index contributed by atoms with van der Waals surface area (Å²) in [6, 6.07) is 14.6. The Labute approximate surface area is 147 Å². The minimum Gasteiger partial charge on any atom is -0.493 e. The fourth-order valence-electron chi connectivity index (χ4n) is 2.88. The summed E-state index contributed by atoms with van der Waals surface area (Å²) >= 11 is 1.86. The average molecular weight is 341 g/mol. The first-order valence-electron chi connectivity index (χ1n) is 8.34. The largest absolute Gasteiger partial charge is 0.493 e. The van der Waals surface area contributed by atoms with Crippen LogP contribution in [0.15, 0.2) is 47.4 Å². The molecule has 1 aliphatic heterocycles. The number of thioether (sulfide) groups is 1. The third-order valence-corrected chi connectivity index (χ3v) is 5.35. The van der Waals surface area contributed by atoms with Crippen LogP contribution in [0.25, 0.3) is 0 Å². The summed E-state index contributed by atoms with van der Waals surface area (Å²) in [7, 11) is 0. The molecule has 1 aliphatic rings. The number of ether oxygens (including phenoxy) is 1. The Kier molecular flexibility index (Phi) is 5.46. The first-order chi connectivity index (χ1) is 11.6. The van der Waals surface area contributed by atoms with Crippen LogP contribution < -0.4 is 10.1 Å². The van der Waals surface area contributed by atoms with Gasteiger partial charge in [0.1, 0.15) is 5.75 Å². The third kappa shape index (κ3) is 4.12. The summed E-state index contributed by atoms with van der Waals surface area (Å²) in [5, 5.41) is 3.16. The van der Waals surface area contributed by atoms with E-state index in [2.05, 4.69) is 23.5 Å². The second kappa shape index (κ2) is 7.75. The molecule has 1 amide bonds. The molecule has 126 valence electrons. The summed E-state index contributed by atoms with van der Waals surface area (Å²) in [4.78, 5) is 13.5. The molecular formula is C20H23NO2S. The Hall–Kier alpha value is -1.94. The Morgan fingerprint density at radius 1 is 1.25 bits per heavy atom. The Balaban J connectivity index is 1.53. The van der Waals surface area contributed by atoms with Gasteiger partial charge >= 0.3 is 0 Å². The van der Waals surface area contributed by atoms with Crippen molar-refractivity contribution in [2.45, 2.75) is 37.6 Å². The van der Waals surface area contributed by atoms with Crippen molar-refractivity contribution in [2.24, 2.45) is 0 Å². The number of hydrogen-bond acceptors (Lipinski definition) is 3. The minimum absolute atomic E-state index is 0.0482. The maximum atomic E-state index is 12.3. The highest BCUT2D eigenvalue weighted by Gasteiger charge is 2.21. The molecule has 2 aromatic rings. The van der Waals surface area contributed by atoms with E-state index in [1.807, 2.05) is 49.9 Å². The molecule has 0 aromatic heterocycles. The molecule has 1 atom stereocenters. The minimum atomic E-state index is 0.0482. The molecule has 3 rings (SSSR count). The van der Waals surface area contributed by atoms with E-state index in [-0.39, 0.29) is 11.9 Å². The van der Waals surface area contributed by atoms with Gasteiger partial charge < -0.3 is 10.1 Å². The van der Waals surface area contributed by atoms with Crippen LogP contribution in [0, 0.1) is 13.8 Å². The van der Waals surface area contributed by atoms with E-state index < -0.39 is 0 Å². The number of hydrogen-bond donors (Lipinski definition) is 1. The molecule has 0 saturated heterocycles. The second-order valence-electron chi connectivity index (χ2n) is 6.16. The summed E-state index contributed by atoms with van der Waals surface area (Å²) < 4.78 is 5.78. The fraction of sp³-hybridized carbons (Fsp3) is 0.350. The number of benzene rings is 2. The van der Waals surface area contributed by atoms with Crippen molar-refractivity contribution in [3.05, 3.63) is 59.2 Å². The Morgan fingerprint density at radius 3 is 2.96 bits per heavy atom. The number of carbonyl (C=O) groups excluding carboxylic acids is 1. The van der Waals surface area contributed by atoms with Crippen LogP contribution in [0.4, 0.5) is 0 Å². The van der Waals surface area contributed by atoms with Gasteiger partial charge in [-0.25, -0.2) is 0 Å². The van der Waals surface area contributed by atoms with Gasteiger partial charge in [0, 0.05) is 10.6 Å². The van der Waals surface area contributed by atoms with E-state index >= 15 is 0 Å². The van der Waals surface area contributed by atoms with E-state index in [1.54, 1.807) is 0 Å². The summed E-state index contributed by atoms with van der Waals surface area (Å²) in [6.07, 6.45) is 1.35. The molecule has 0 fully saturated rings. The van der Waals surface area contributed by atoms with Crippen molar-refractivity contribution >= 4 is 17.7 Å². The molecule has 0 aliphatic carbocycles. The summed E-state index contributed by atoms with van der Waals surface area (Å²) in [5.41, 5.74) is 3.49. The Bertz CT molecular complexity index is 729. The number of aryl methyl sites for hydroxylation is 2. The molecule has 0 unspecified atom stereocenters. The molecule has 0 saturated carbocycles. The van der Waals surface area contributed by atoms with E-state index in [0.717, 1.165) is 29.1 Å². The van der Waals surface area contributed by atoms with Crippen LogP contribution >= 0.6 is 11.8 Å². The van der Waals surface area contributed by atoms with Gasteiger partial charge in [-0.3, -0.25) is 4.79 Å². The quantitative estimate of drug-likeness (QED) is 0.874. The molecule has 1 heterocycles. The lowest BCUT2D eigenvalue weighted by molar-refractivity contribution is -0.122. The van der Waals surface area contributed by atoms with Crippen molar-refractivity contribution in [3.8, 4) is 5.75 Å². The van der Waals surface area contributed by atoms with Crippen LogP contribution in [0.3, 0.4) is 0 Å². The van der Waals surface area contributed by atoms with Crippen molar-refractivity contribution in [1.29, 1.82) is 0 Å². The zero-order valence-corrected chi connectivity index (χ0v) is 15.0. The standard InChI is InChI=1S/C20H23NO2S/c1-14-7-8-15(2)18(13-14)23-11-9-20(22)21-17-10-12-24-19-6-4-3-5-16(17)19/h3-8,13,17H,9-12H2,1-2H3,(H,21,22)/t17-/m1/s1. The fourth-order valence-corrected chi connectivity index (χ4v) is 4.00. The monoisotopic (exact) mass is 341 g/mol. The first kappa shape index (κ1) is 16.9. The van der Waals surface area contributed by atoms with Gasteiger partial charge in [0.05, 0.1) is 19.1 Å². The van der Waals surface area contributed by atoms with E-state index in [0.29, 0.717) is 13.0 Å². The Morgan fingerprint density at radius 2 is 2.08 bits per heavy atom. The van der Waals surface area contributed by atoms with Crippen molar-refractivity contribution in [1.82, 2.24) is 5.32 Å². The van der Waals surface area contributed by atoms with Crippen molar-refractivity contribution in [3.63, 3.8) is 0 Å². The lowest BCUT2D eigenvalue weighted by atomic mass is 10.0. The van der Waals surface area contributed by atoms with E-state index in [4.69, 9.17) is 4.74 Å². The SMILES string of the molecule is Cc1ccc(C)c(OCCC(=O)N[C@@H]2CCSc3ccccc32)c1. The third-order valence-electron chi connectivity index (χ3n) is 4.22. The zero-order valence-electron chi connectivity index (χ0n) is 14.2. The lowest BCUT2D eigenvalue weighted by Gasteiger charge is -2.25. The molecule has 2 aromatic carbocycles. The van der Waals surface area contributed by atoms with Crippen LogP contribution in [0.1, 0.15) is 35.6 Å². The maximum Gasteiger partial charge on any atom is 0.223 e.